The molecule has 10 heteroatoms. The van der Waals surface area contributed by atoms with E-state index in [1.165, 1.54) is 27.8 Å². The zero-order chi connectivity index (χ0) is 28.3. The van der Waals surface area contributed by atoms with Crippen molar-refractivity contribution in [3.63, 3.8) is 0 Å². The van der Waals surface area contributed by atoms with Gasteiger partial charge >= 0.3 is 0 Å². The first-order chi connectivity index (χ1) is 18.5. The van der Waals surface area contributed by atoms with Gasteiger partial charge in [-0.1, -0.05) is 62.8 Å². The van der Waals surface area contributed by atoms with Crippen LogP contribution in [0.25, 0.3) is 10.2 Å². The third kappa shape index (κ3) is 6.66. The van der Waals surface area contributed by atoms with Gasteiger partial charge < -0.3 is 0 Å². The molecule has 0 aliphatic heterocycles. The Balaban J connectivity index is 1.70. The van der Waals surface area contributed by atoms with Crippen molar-refractivity contribution in [2.45, 2.75) is 46.1 Å². The number of aromatic nitrogens is 2. The van der Waals surface area contributed by atoms with Gasteiger partial charge in [0.25, 0.3) is 5.91 Å². The molecule has 0 unspecified atom stereocenters. The maximum atomic E-state index is 13.9. The number of fused-ring (bicyclic) bond motifs is 1. The number of sulfonamides is 1. The van der Waals surface area contributed by atoms with Crippen LogP contribution < -0.4 is 4.90 Å². The third-order valence-electron chi connectivity index (χ3n) is 6.08. The summed E-state index contributed by atoms with van der Waals surface area (Å²) in [7, 11) is -3.71. The molecule has 0 saturated carbocycles. The maximum absolute atomic E-state index is 13.9. The van der Waals surface area contributed by atoms with Gasteiger partial charge in [0, 0.05) is 24.8 Å². The van der Waals surface area contributed by atoms with Crippen LogP contribution in [-0.4, -0.2) is 41.7 Å². The van der Waals surface area contributed by atoms with E-state index in [9.17, 15) is 13.2 Å². The number of hydrogen-bond donors (Lipinski definition) is 0. The lowest BCUT2D eigenvalue weighted by atomic mass is 10.2. The van der Waals surface area contributed by atoms with Crippen LogP contribution in [0.15, 0.2) is 65.7 Å². The highest BCUT2D eigenvalue weighted by atomic mass is 35.5. The van der Waals surface area contributed by atoms with E-state index in [2.05, 4.69) is 4.98 Å². The summed E-state index contributed by atoms with van der Waals surface area (Å²) in [5, 5.41) is 1.07. The molecule has 0 atom stereocenters. The molecule has 2 aromatic carbocycles. The number of halogens is 1. The first-order valence-corrected chi connectivity index (χ1v) is 15.5. The van der Waals surface area contributed by atoms with Crippen LogP contribution in [0.4, 0.5) is 5.13 Å². The Morgan fingerprint density at radius 1 is 0.974 bits per heavy atom. The van der Waals surface area contributed by atoms with Crippen LogP contribution >= 0.6 is 22.9 Å². The Labute approximate surface area is 239 Å². The topological polar surface area (TPSA) is 83.5 Å². The van der Waals surface area contributed by atoms with Crippen LogP contribution in [0.2, 0.25) is 5.02 Å². The molecule has 0 bridgehead atoms. The Bertz CT molecular complexity index is 1500. The zero-order valence-corrected chi connectivity index (χ0v) is 25.1. The van der Waals surface area contributed by atoms with E-state index < -0.39 is 10.0 Å². The lowest BCUT2D eigenvalue weighted by molar-refractivity contribution is 0.0984. The number of hydrogen-bond acceptors (Lipinski definition) is 6. The Morgan fingerprint density at radius 3 is 2.21 bits per heavy atom. The highest BCUT2D eigenvalue weighted by molar-refractivity contribution is 7.89. The molecule has 0 N–H and O–H groups in total. The number of carbonyl (C=O) groups excluding carboxylic acids is 1. The summed E-state index contributed by atoms with van der Waals surface area (Å²) < 4.78 is 29.2. The van der Waals surface area contributed by atoms with Gasteiger partial charge in [0.05, 0.1) is 32.4 Å². The molecule has 0 aliphatic carbocycles. The summed E-state index contributed by atoms with van der Waals surface area (Å²) in [6.45, 7) is 11.0. The molecule has 0 radical (unpaired) electrons. The molecule has 0 spiro atoms. The minimum absolute atomic E-state index is 0.166. The fraction of sp³-hybridized carbons (Fsp3) is 0.345. The average molecular weight is 585 g/mol. The molecule has 2 heterocycles. The highest BCUT2D eigenvalue weighted by Crippen LogP contribution is 2.36. The van der Waals surface area contributed by atoms with Crippen LogP contribution in [0.1, 0.15) is 49.3 Å². The van der Waals surface area contributed by atoms with Crippen LogP contribution in [0.5, 0.6) is 0 Å². The summed E-state index contributed by atoms with van der Waals surface area (Å²) in [6.07, 6.45) is 1.68. The number of nitrogens with zero attached hydrogens (tertiary/aromatic N) is 4. The van der Waals surface area contributed by atoms with Gasteiger partial charge in [0.15, 0.2) is 5.13 Å². The minimum Gasteiger partial charge on any atom is -0.278 e. The quantitative estimate of drug-likeness (QED) is 0.205. The first kappa shape index (κ1) is 29.1. The fourth-order valence-corrected chi connectivity index (χ4v) is 7.33. The summed E-state index contributed by atoms with van der Waals surface area (Å²) >= 11 is 7.79. The van der Waals surface area contributed by atoms with Crippen molar-refractivity contribution in [3.8, 4) is 0 Å². The summed E-state index contributed by atoms with van der Waals surface area (Å²) in [6, 6.07) is 15.4. The van der Waals surface area contributed by atoms with Gasteiger partial charge in [-0.25, -0.2) is 13.4 Å². The van der Waals surface area contributed by atoms with Crippen molar-refractivity contribution in [2.24, 2.45) is 11.8 Å². The maximum Gasteiger partial charge on any atom is 0.260 e. The van der Waals surface area contributed by atoms with Gasteiger partial charge in [-0.3, -0.25) is 14.7 Å². The first-order valence-electron chi connectivity index (χ1n) is 12.8. The molecule has 1 amide bonds. The smallest absolute Gasteiger partial charge is 0.260 e. The predicted octanol–water partition coefficient (Wildman–Crippen LogP) is 6.80. The van der Waals surface area contributed by atoms with E-state index in [4.69, 9.17) is 16.6 Å². The molecule has 0 saturated heterocycles. The summed E-state index contributed by atoms with van der Waals surface area (Å²) in [5.41, 5.74) is 2.76. The second-order valence-electron chi connectivity index (χ2n) is 10.4. The van der Waals surface area contributed by atoms with Crippen LogP contribution in [0.3, 0.4) is 0 Å². The predicted molar refractivity (Wildman–Crippen MR) is 159 cm³/mol. The highest BCUT2D eigenvalue weighted by Gasteiger charge is 2.28. The Morgan fingerprint density at radius 2 is 1.64 bits per heavy atom. The number of thiazole rings is 1. The van der Waals surface area contributed by atoms with Crippen LogP contribution in [0, 0.1) is 18.8 Å². The van der Waals surface area contributed by atoms with Gasteiger partial charge in [0.1, 0.15) is 0 Å². The van der Waals surface area contributed by atoms with Gasteiger partial charge in [-0.15, -0.1) is 0 Å². The average Bonchev–Trinajstić information content (AvgIpc) is 3.35. The van der Waals surface area contributed by atoms with Gasteiger partial charge in [-0.05, 0) is 66.8 Å². The minimum atomic E-state index is -3.71. The number of amides is 1. The number of rotatable bonds is 10. The summed E-state index contributed by atoms with van der Waals surface area (Å²) in [4.78, 5) is 24.7. The fourth-order valence-electron chi connectivity index (χ4n) is 4.25. The molecular weight excluding hydrogens is 552 g/mol. The number of carbonyl (C=O) groups is 1. The van der Waals surface area contributed by atoms with E-state index in [-0.39, 0.29) is 29.2 Å². The van der Waals surface area contributed by atoms with Gasteiger partial charge in [0.2, 0.25) is 10.0 Å². The van der Waals surface area contributed by atoms with Crippen molar-refractivity contribution >= 4 is 54.2 Å². The van der Waals surface area contributed by atoms with E-state index >= 15 is 0 Å². The second-order valence-corrected chi connectivity index (χ2v) is 13.7. The van der Waals surface area contributed by atoms with E-state index in [1.807, 2.05) is 65.0 Å². The van der Waals surface area contributed by atoms with Crippen molar-refractivity contribution in [1.29, 1.82) is 0 Å². The molecule has 39 heavy (non-hydrogen) atoms. The van der Waals surface area contributed by atoms with Gasteiger partial charge in [-0.2, -0.15) is 4.31 Å². The van der Waals surface area contributed by atoms with E-state index in [1.54, 1.807) is 23.2 Å². The van der Waals surface area contributed by atoms with E-state index in [0.29, 0.717) is 34.5 Å². The normalized spacial score (nSPS) is 12.1. The molecule has 0 fully saturated rings. The lowest BCUT2D eigenvalue weighted by Crippen LogP contribution is -2.37. The van der Waals surface area contributed by atoms with E-state index in [0.717, 1.165) is 15.8 Å². The molecule has 7 nitrogen and oxygen atoms in total. The largest absolute Gasteiger partial charge is 0.278 e. The van der Waals surface area contributed by atoms with Crippen molar-refractivity contribution < 1.29 is 13.2 Å². The van der Waals surface area contributed by atoms with Crippen molar-refractivity contribution in [1.82, 2.24) is 14.3 Å². The van der Waals surface area contributed by atoms with Crippen molar-refractivity contribution in [2.75, 3.05) is 18.0 Å². The molecule has 2 aromatic heterocycles. The number of anilines is 1. The second kappa shape index (κ2) is 12.1. The number of pyridine rings is 1. The number of benzene rings is 2. The lowest BCUT2D eigenvalue weighted by Gasteiger charge is -2.26. The molecular formula is C29H33ClN4O3S2. The molecule has 4 rings (SSSR count). The Hall–Kier alpha value is -2.85. The van der Waals surface area contributed by atoms with Crippen LogP contribution in [-0.2, 0) is 16.6 Å². The van der Waals surface area contributed by atoms with Crippen molar-refractivity contribution in [3.05, 3.63) is 82.6 Å². The third-order valence-corrected chi connectivity index (χ3v) is 9.47. The standard InChI is InChI=1S/C29H33ClN4O3S2/c1-19(2)16-33(17-20(3)4)39(36,37)24-12-10-22(11-13-24)28(35)34(18-23-8-6-7-15-31-23)29-32-26-21(5)9-14-25(30)27(26)38-29/h6-15,19-20H,16-18H2,1-5H3. The Kier molecular flexibility index (Phi) is 9.06. The monoisotopic (exact) mass is 584 g/mol. The number of aryl methyl sites for hydroxylation is 1. The zero-order valence-electron chi connectivity index (χ0n) is 22.8. The SMILES string of the molecule is Cc1ccc(Cl)c2sc(N(Cc3ccccn3)C(=O)c3ccc(S(=O)(=O)N(CC(C)C)CC(C)C)cc3)nc12. The molecule has 4 aromatic rings. The molecule has 206 valence electrons. The summed E-state index contributed by atoms with van der Waals surface area (Å²) in [5.74, 6) is 0.0645. The molecule has 0 aliphatic rings.